The Bertz CT molecular complexity index is 508. The predicted octanol–water partition coefficient (Wildman–Crippen LogP) is 3.89. The number of rotatable bonds is 3. The second kappa shape index (κ2) is 4.97. The maximum absolute atomic E-state index is 4.12. The van der Waals surface area contributed by atoms with E-state index in [4.69, 9.17) is 0 Å². The topological polar surface area (TPSA) is 17.8 Å². The summed E-state index contributed by atoms with van der Waals surface area (Å²) in [6, 6.07) is 7.98. The fraction of sp³-hybridized carbons (Fsp3) is 0.438. The molecule has 1 saturated carbocycles. The van der Waals surface area contributed by atoms with E-state index in [-0.39, 0.29) is 0 Å². The minimum Gasteiger partial charge on any atom is -0.306 e. The highest BCUT2D eigenvalue weighted by atomic mass is 15.0. The Morgan fingerprint density at radius 1 is 1.39 bits per heavy atom. The van der Waals surface area contributed by atoms with Crippen LogP contribution in [0.3, 0.4) is 0 Å². The summed E-state index contributed by atoms with van der Waals surface area (Å²) in [5.74, 6) is 0.743. The Morgan fingerprint density at radius 2 is 2.22 bits per heavy atom. The maximum atomic E-state index is 4.12. The van der Waals surface area contributed by atoms with Crippen molar-refractivity contribution < 1.29 is 0 Å². The van der Waals surface area contributed by atoms with Crippen molar-refractivity contribution in [3.05, 3.63) is 48.0 Å². The molecule has 2 heteroatoms. The van der Waals surface area contributed by atoms with Crippen molar-refractivity contribution in [1.29, 1.82) is 0 Å². The molecule has 0 atom stereocenters. The Morgan fingerprint density at radius 3 is 2.89 bits per heavy atom. The van der Waals surface area contributed by atoms with Crippen LogP contribution in [0, 0.1) is 6.07 Å². The molecule has 3 rings (SSSR count). The summed E-state index contributed by atoms with van der Waals surface area (Å²) in [5.41, 5.74) is 4.03. The molecule has 2 aromatic rings. The van der Waals surface area contributed by atoms with Gasteiger partial charge in [-0.15, -0.1) is 0 Å². The number of aryl methyl sites for hydroxylation is 1. The molecule has 1 radical (unpaired) electrons. The van der Waals surface area contributed by atoms with Crippen molar-refractivity contribution in [1.82, 2.24) is 9.55 Å². The van der Waals surface area contributed by atoms with E-state index in [1.807, 2.05) is 18.7 Å². The molecular weight excluding hydrogens is 220 g/mol. The van der Waals surface area contributed by atoms with Crippen molar-refractivity contribution in [2.75, 3.05) is 0 Å². The van der Waals surface area contributed by atoms with Crippen LogP contribution in [-0.2, 0) is 6.42 Å². The quantitative estimate of drug-likeness (QED) is 0.794. The van der Waals surface area contributed by atoms with E-state index in [1.54, 1.807) is 0 Å². The number of benzene rings is 1. The molecule has 1 fully saturated rings. The van der Waals surface area contributed by atoms with Gasteiger partial charge in [0.25, 0.3) is 0 Å². The number of nitrogens with zero attached hydrogens (tertiary/aromatic N) is 2. The first-order valence-electron chi connectivity index (χ1n) is 6.91. The molecule has 1 aromatic heterocycles. The van der Waals surface area contributed by atoms with Crippen molar-refractivity contribution in [3.8, 4) is 5.69 Å². The third-order valence-electron chi connectivity index (χ3n) is 3.99. The first-order chi connectivity index (χ1) is 8.88. The second-order valence-corrected chi connectivity index (χ2v) is 5.10. The normalized spacial score (nSPS) is 16.3. The van der Waals surface area contributed by atoms with Crippen LogP contribution in [0.2, 0.25) is 0 Å². The van der Waals surface area contributed by atoms with Gasteiger partial charge in [-0.2, -0.15) is 0 Å². The van der Waals surface area contributed by atoms with Crippen LogP contribution in [-0.4, -0.2) is 9.55 Å². The van der Waals surface area contributed by atoms with Crippen molar-refractivity contribution in [2.45, 2.75) is 44.9 Å². The monoisotopic (exact) mass is 239 g/mol. The van der Waals surface area contributed by atoms with Gasteiger partial charge in [0.15, 0.2) is 0 Å². The molecular formula is C16H19N2. The van der Waals surface area contributed by atoms with Crippen LogP contribution in [0.25, 0.3) is 5.69 Å². The zero-order valence-corrected chi connectivity index (χ0v) is 10.9. The highest BCUT2D eigenvalue weighted by Gasteiger charge is 2.18. The average molecular weight is 239 g/mol. The molecule has 1 aromatic carbocycles. The standard InChI is InChI=1S/C16H19N2/c1-2-13-11-15(14-5-3-4-6-14)7-8-16(13)18-10-9-17-12-18/h8-12,14H,2-6H2,1H3. The van der Waals surface area contributed by atoms with Gasteiger partial charge in [-0.25, -0.2) is 4.98 Å². The van der Waals surface area contributed by atoms with Gasteiger partial charge < -0.3 is 4.57 Å². The van der Waals surface area contributed by atoms with Crippen molar-refractivity contribution in [3.63, 3.8) is 0 Å². The molecule has 2 nitrogen and oxygen atoms in total. The van der Waals surface area contributed by atoms with E-state index in [1.165, 1.54) is 42.5 Å². The third-order valence-corrected chi connectivity index (χ3v) is 3.99. The van der Waals surface area contributed by atoms with Crippen LogP contribution in [0.5, 0.6) is 0 Å². The molecule has 0 saturated heterocycles. The highest BCUT2D eigenvalue weighted by molar-refractivity contribution is 5.44. The zero-order valence-electron chi connectivity index (χ0n) is 10.9. The van der Waals surface area contributed by atoms with Gasteiger partial charge in [-0.3, -0.25) is 0 Å². The van der Waals surface area contributed by atoms with E-state index in [0.29, 0.717) is 0 Å². The molecule has 0 spiro atoms. The summed E-state index contributed by atoms with van der Waals surface area (Å²) in [5, 5.41) is 0. The summed E-state index contributed by atoms with van der Waals surface area (Å²) in [6.07, 6.45) is 12.2. The van der Waals surface area contributed by atoms with Gasteiger partial charge in [0.1, 0.15) is 0 Å². The minimum atomic E-state index is 0.743. The molecule has 0 unspecified atom stereocenters. The lowest BCUT2D eigenvalue weighted by Gasteiger charge is -2.14. The Kier molecular flexibility index (Phi) is 3.18. The van der Waals surface area contributed by atoms with E-state index >= 15 is 0 Å². The molecule has 1 aliphatic rings. The molecule has 0 N–H and O–H groups in total. The van der Waals surface area contributed by atoms with Crippen LogP contribution >= 0.6 is 0 Å². The van der Waals surface area contributed by atoms with Crippen LogP contribution < -0.4 is 0 Å². The van der Waals surface area contributed by atoms with Gasteiger partial charge in [0, 0.05) is 12.4 Å². The van der Waals surface area contributed by atoms with E-state index in [2.05, 4.69) is 34.7 Å². The Hall–Kier alpha value is -1.57. The van der Waals surface area contributed by atoms with Crippen molar-refractivity contribution >= 4 is 0 Å². The minimum absolute atomic E-state index is 0.743. The number of hydrogen-bond donors (Lipinski definition) is 0. The van der Waals surface area contributed by atoms with Crippen LogP contribution in [0.4, 0.5) is 0 Å². The highest BCUT2D eigenvalue weighted by Crippen LogP contribution is 2.35. The molecule has 93 valence electrons. The SMILES string of the molecule is CCc1cc(C2CCCC2)[c]cc1-n1ccnc1. The molecule has 1 heterocycles. The lowest BCUT2D eigenvalue weighted by atomic mass is 9.94. The molecule has 0 aliphatic heterocycles. The van der Waals surface area contributed by atoms with Gasteiger partial charge in [0.05, 0.1) is 12.0 Å². The number of hydrogen-bond acceptors (Lipinski definition) is 1. The predicted molar refractivity (Wildman–Crippen MR) is 73.0 cm³/mol. The van der Waals surface area contributed by atoms with Gasteiger partial charge in [-0.05, 0) is 48.4 Å². The third kappa shape index (κ3) is 2.07. The average Bonchev–Trinajstić information content (AvgIpc) is 3.11. The largest absolute Gasteiger partial charge is 0.306 e. The summed E-state index contributed by atoms with van der Waals surface area (Å²) < 4.78 is 2.08. The van der Waals surface area contributed by atoms with E-state index < -0.39 is 0 Å². The Labute approximate surface area is 109 Å². The van der Waals surface area contributed by atoms with E-state index in [0.717, 1.165) is 12.3 Å². The molecule has 18 heavy (non-hydrogen) atoms. The number of imidazole rings is 1. The second-order valence-electron chi connectivity index (χ2n) is 5.10. The fourth-order valence-electron chi connectivity index (χ4n) is 2.95. The van der Waals surface area contributed by atoms with Gasteiger partial charge in [0.2, 0.25) is 0 Å². The first-order valence-corrected chi connectivity index (χ1v) is 6.91. The molecule has 1 aliphatic carbocycles. The summed E-state index contributed by atoms with van der Waals surface area (Å²) in [6.45, 7) is 2.22. The molecule has 0 amide bonds. The lowest BCUT2D eigenvalue weighted by Crippen LogP contribution is -2.00. The summed E-state index contributed by atoms with van der Waals surface area (Å²) in [7, 11) is 0. The van der Waals surface area contributed by atoms with Crippen molar-refractivity contribution in [2.24, 2.45) is 0 Å². The van der Waals surface area contributed by atoms with Gasteiger partial charge in [-0.1, -0.05) is 25.8 Å². The summed E-state index contributed by atoms with van der Waals surface area (Å²) >= 11 is 0. The van der Waals surface area contributed by atoms with E-state index in [9.17, 15) is 0 Å². The molecule has 0 bridgehead atoms. The van der Waals surface area contributed by atoms with Gasteiger partial charge >= 0.3 is 0 Å². The Balaban J connectivity index is 1.97. The number of aromatic nitrogens is 2. The fourth-order valence-corrected chi connectivity index (χ4v) is 2.95. The zero-order chi connectivity index (χ0) is 12.4. The van der Waals surface area contributed by atoms with Crippen LogP contribution in [0.15, 0.2) is 30.9 Å². The summed E-state index contributed by atoms with van der Waals surface area (Å²) in [4.78, 5) is 4.12. The first kappa shape index (κ1) is 11.5. The smallest absolute Gasteiger partial charge is 0.0991 e. The maximum Gasteiger partial charge on any atom is 0.0991 e. The van der Waals surface area contributed by atoms with Crippen LogP contribution in [0.1, 0.15) is 49.7 Å². The lowest BCUT2D eigenvalue weighted by molar-refractivity contribution is 0.720.